The second kappa shape index (κ2) is 8.43. The Morgan fingerprint density at radius 3 is 2.57 bits per heavy atom. The van der Waals surface area contributed by atoms with Crippen molar-refractivity contribution >= 4 is 37.7 Å². The summed E-state index contributed by atoms with van der Waals surface area (Å²) in [5.74, 6) is 0. The molecule has 1 aliphatic rings. The fraction of sp³-hybridized carbons (Fsp3) is 0.333. The van der Waals surface area contributed by atoms with E-state index in [1.165, 1.54) is 14.6 Å². The molecule has 1 N–H and O–H groups in total. The van der Waals surface area contributed by atoms with Crippen molar-refractivity contribution in [2.45, 2.75) is 20.5 Å². The van der Waals surface area contributed by atoms with Crippen LogP contribution in [0.2, 0.25) is 0 Å². The fourth-order valence-corrected chi connectivity index (χ4v) is 5.83. The minimum atomic E-state index is -3.46. The average Bonchev–Trinajstić information content (AvgIpc) is 3.04. The highest BCUT2D eigenvalue weighted by Gasteiger charge is 2.28. The van der Waals surface area contributed by atoms with E-state index < -0.39 is 10.0 Å². The molecule has 0 amide bonds. The van der Waals surface area contributed by atoms with E-state index in [0.717, 1.165) is 20.8 Å². The van der Waals surface area contributed by atoms with Crippen LogP contribution in [0.1, 0.15) is 16.0 Å². The molecular formula is C21H25N4O3S2+. The number of benzene rings is 1. The van der Waals surface area contributed by atoms with Crippen LogP contribution in [0.3, 0.4) is 0 Å². The van der Waals surface area contributed by atoms with Gasteiger partial charge in [0.05, 0.1) is 31.6 Å². The second-order valence-electron chi connectivity index (χ2n) is 7.55. The van der Waals surface area contributed by atoms with Crippen LogP contribution in [0.4, 0.5) is 0 Å². The lowest BCUT2D eigenvalue weighted by atomic mass is 10.2. The Hall–Kier alpha value is -2.33. The number of aromatic nitrogens is 2. The van der Waals surface area contributed by atoms with Crippen molar-refractivity contribution in [3.8, 4) is 0 Å². The number of hydrogen-bond acceptors (Lipinski definition) is 5. The Kier molecular flexibility index (Phi) is 5.88. The van der Waals surface area contributed by atoms with Gasteiger partial charge in [0.2, 0.25) is 10.0 Å². The summed E-state index contributed by atoms with van der Waals surface area (Å²) in [7, 11) is -3.46. The standard InChI is InChI=1S/C21H24N4O3S2/c1-16-17(2)29-20-19(16)21(26)24(14-22-20)15-23-9-11-25(12-10-23)30(27,28)13-8-18-6-4-3-5-7-18/h3-8,13-14H,9-12,15H2,1-2H3/p+1/b13-8+. The van der Waals surface area contributed by atoms with Gasteiger partial charge in [0.1, 0.15) is 11.2 Å². The van der Waals surface area contributed by atoms with Crippen LogP contribution >= 0.6 is 11.3 Å². The molecule has 0 radical (unpaired) electrons. The maximum atomic E-state index is 12.9. The Morgan fingerprint density at radius 2 is 1.87 bits per heavy atom. The monoisotopic (exact) mass is 445 g/mol. The van der Waals surface area contributed by atoms with E-state index >= 15 is 0 Å². The van der Waals surface area contributed by atoms with Gasteiger partial charge in [-0.15, -0.1) is 11.3 Å². The van der Waals surface area contributed by atoms with E-state index in [1.54, 1.807) is 28.3 Å². The molecule has 158 valence electrons. The Bertz CT molecular complexity index is 1240. The van der Waals surface area contributed by atoms with Gasteiger partial charge in [0.15, 0.2) is 6.67 Å². The highest BCUT2D eigenvalue weighted by molar-refractivity contribution is 7.92. The van der Waals surface area contributed by atoms with E-state index in [4.69, 9.17) is 0 Å². The molecule has 30 heavy (non-hydrogen) atoms. The predicted molar refractivity (Wildman–Crippen MR) is 120 cm³/mol. The largest absolute Gasteiger partial charge is 0.315 e. The molecule has 9 heteroatoms. The molecule has 0 bridgehead atoms. The smallest absolute Gasteiger partial charge is 0.266 e. The average molecular weight is 446 g/mol. The normalized spacial score (nSPS) is 16.6. The maximum absolute atomic E-state index is 12.9. The third-order valence-electron chi connectivity index (χ3n) is 5.57. The first-order chi connectivity index (χ1) is 14.3. The molecule has 0 atom stereocenters. The zero-order chi connectivity index (χ0) is 21.3. The number of quaternary nitrogens is 1. The van der Waals surface area contributed by atoms with Gasteiger partial charge in [-0.05, 0) is 31.1 Å². The van der Waals surface area contributed by atoms with Crippen LogP contribution in [0.25, 0.3) is 16.3 Å². The number of aryl methyl sites for hydroxylation is 2. The number of sulfonamides is 1. The highest BCUT2D eigenvalue weighted by atomic mass is 32.2. The topological polar surface area (TPSA) is 76.7 Å². The van der Waals surface area contributed by atoms with Crippen LogP contribution in [-0.2, 0) is 16.7 Å². The molecule has 1 saturated heterocycles. The molecule has 4 rings (SSSR count). The Balaban J connectivity index is 1.42. The number of nitrogens with zero attached hydrogens (tertiary/aromatic N) is 3. The number of fused-ring (bicyclic) bond motifs is 1. The summed E-state index contributed by atoms with van der Waals surface area (Å²) in [6, 6.07) is 9.39. The number of nitrogens with one attached hydrogen (secondary N) is 1. The predicted octanol–water partition coefficient (Wildman–Crippen LogP) is 1.23. The van der Waals surface area contributed by atoms with Crippen molar-refractivity contribution in [3.05, 3.63) is 68.4 Å². The molecule has 1 fully saturated rings. The number of piperazine rings is 1. The number of hydrogen-bond donors (Lipinski definition) is 1. The van der Waals surface area contributed by atoms with Gasteiger partial charge >= 0.3 is 0 Å². The minimum absolute atomic E-state index is 0.0183. The minimum Gasteiger partial charge on any atom is -0.315 e. The third kappa shape index (κ3) is 4.24. The summed E-state index contributed by atoms with van der Waals surface area (Å²) in [5.41, 5.74) is 1.83. The second-order valence-corrected chi connectivity index (χ2v) is 10.6. The lowest BCUT2D eigenvalue weighted by molar-refractivity contribution is -0.926. The van der Waals surface area contributed by atoms with Crippen LogP contribution in [0.5, 0.6) is 0 Å². The number of rotatable bonds is 5. The lowest BCUT2D eigenvalue weighted by Gasteiger charge is -2.30. The van der Waals surface area contributed by atoms with Crippen LogP contribution in [0, 0.1) is 13.8 Å². The molecule has 1 aromatic carbocycles. The first-order valence-electron chi connectivity index (χ1n) is 9.87. The van der Waals surface area contributed by atoms with E-state index in [9.17, 15) is 13.2 Å². The quantitative estimate of drug-likeness (QED) is 0.641. The van der Waals surface area contributed by atoms with Gasteiger partial charge < -0.3 is 4.90 Å². The van der Waals surface area contributed by atoms with Gasteiger partial charge in [-0.3, -0.25) is 4.79 Å². The zero-order valence-corrected chi connectivity index (χ0v) is 18.7. The van der Waals surface area contributed by atoms with Crippen LogP contribution in [0.15, 0.2) is 46.9 Å². The molecular weight excluding hydrogens is 420 g/mol. The highest BCUT2D eigenvalue weighted by Crippen LogP contribution is 2.25. The van der Waals surface area contributed by atoms with Crippen molar-refractivity contribution < 1.29 is 13.3 Å². The molecule has 0 saturated carbocycles. The van der Waals surface area contributed by atoms with Gasteiger partial charge in [-0.2, -0.15) is 4.31 Å². The molecule has 3 aromatic rings. The summed E-state index contributed by atoms with van der Waals surface area (Å²) in [4.78, 5) is 20.4. The molecule has 3 heterocycles. The van der Waals surface area contributed by atoms with Crippen LogP contribution in [-0.4, -0.2) is 48.5 Å². The molecule has 0 aliphatic carbocycles. The Labute approximate surface area is 179 Å². The first-order valence-corrected chi connectivity index (χ1v) is 12.2. The van der Waals surface area contributed by atoms with E-state index in [1.807, 2.05) is 44.2 Å². The summed E-state index contributed by atoms with van der Waals surface area (Å²) in [6.45, 7) is 6.60. The van der Waals surface area contributed by atoms with Crippen molar-refractivity contribution in [2.24, 2.45) is 0 Å². The summed E-state index contributed by atoms with van der Waals surface area (Å²) in [6.07, 6.45) is 3.24. The van der Waals surface area contributed by atoms with Crippen molar-refractivity contribution in [3.63, 3.8) is 0 Å². The van der Waals surface area contributed by atoms with E-state index in [2.05, 4.69) is 4.98 Å². The van der Waals surface area contributed by atoms with Gasteiger partial charge in [-0.25, -0.2) is 18.0 Å². The van der Waals surface area contributed by atoms with Crippen molar-refractivity contribution in [2.75, 3.05) is 26.2 Å². The van der Waals surface area contributed by atoms with Crippen molar-refractivity contribution in [1.29, 1.82) is 0 Å². The SMILES string of the molecule is Cc1sc2ncn(C[NH+]3CCN(S(=O)(=O)/C=C/c4ccccc4)CC3)c(=O)c2c1C. The zero-order valence-electron chi connectivity index (χ0n) is 17.0. The van der Waals surface area contributed by atoms with Gasteiger partial charge in [0, 0.05) is 10.3 Å². The Morgan fingerprint density at radius 1 is 1.17 bits per heavy atom. The summed E-state index contributed by atoms with van der Waals surface area (Å²) >= 11 is 1.54. The fourth-order valence-electron chi connectivity index (χ4n) is 3.65. The van der Waals surface area contributed by atoms with E-state index in [-0.39, 0.29) is 5.56 Å². The molecule has 0 unspecified atom stereocenters. The number of thiophene rings is 1. The van der Waals surface area contributed by atoms with Crippen molar-refractivity contribution in [1.82, 2.24) is 13.9 Å². The van der Waals surface area contributed by atoms with Gasteiger partial charge in [-0.1, -0.05) is 30.3 Å². The molecule has 1 aliphatic heterocycles. The maximum Gasteiger partial charge on any atom is 0.266 e. The van der Waals surface area contributed by atoms with Gasteiger partial charge in [0.25, 0.3) is 5.56 Å². The molecule has 7 nitrogen and oxygen atoms in total. The molecule has 0 spiro atoms. The van der Waals surface area contributed by atoms with Crippen LogP contribution < -0.4 is 10.5 Å². The third-order valence-corrected chi connectivity index (χ3v) is 8.25. The lowest BCUT2D eigenvalue weighted by Crippen LogP contribution is -3.14. The summed E-state index contributed by atoms with van der Waals surface area (Å²) in [5, 5.41) is 1.98. The van der Waals surface area contributed by atoms with E-state index in [0.29, 0.717) is 38.2 Å². The summed E-state index contributed by atoms with van der Waals surface area (Å²) < 4.78 is 28.4. The molecule has 2 aromatic heterocycles. The first kappa shape index (κ1) is 20.9.